The first-order valence-electron chi connectivity index (χ1n) is 23.4. The van der Waals surface area contributed by atoms with Gasteiger partial charge in [0.25, 0.3) is 0 Å². The van der Waals surface area contributed by atoms with Gasteiger partial charge in [0.05, 0.1) is 31.0 Å². The van der Waals surface area contributed by atoms with Gasteiger partial charge in [0.2, 0.25) is 5.91 Å². The third-order valence-corrected chi connectivity index (χ3v) is 13.0. The van der Waals surface area contributed by atoms with Crippen LogP contribution in [0.3, 0.4) is 0 Å². The van der Waals surface area contributed by atoms with Gasteiger partial charge < -0.3 is 29.2 Å². The standard InChI is InChI=1S/C33H51NO6.C19H29NO/c1-31(2,3)25-11-14-26(15-12-25)38-27-13-10-23-21-34(17-16-22(23)18-27)30(37)24(19-28(35)39-32(4,5)6)20-29(36)40-33(7,8)9;1-19(2,3)16-5-8-17(9-6-16)21-18-7-4-15-13-20-11-10-14(15)12-18/h10,13,18,24-26H,11-12,14-17,19-21H2,1-9H3;4,7,12,16-17,20H,5-6,8-11,13H2,1-3H3. The fraction of sp³-hybridized carbons (Fsp3) is 0.712. The SMILES string of the molecule is CC(C)(C)C1CCC(Oc2ccc3c(c2)CCNC3)CC1.CC(C)(C)OC(=O)CC(CC(=O)OC(C)(C)C)C(=O)N1CCc2cc(OC3CCC(C(C)(C)C)CC3)ccc2C1. The highest BCUT2D eigenvalue weighted by atomic mass is 16.6. The van der Waals surface area contributed by atoms with Crippen molar-refractivity contribution in [3.05, 3.63) is 58.7 Å². The Kier molecular flexibility index (Phi) is 16.1. The zero-order chi connectivity index (χ0) is 44.8. The van der Waals surface area contributed by atoms with Crippen LogP contribution in [0, 0.1) is 28.6 Å². The summed E-state index contributed by atoms with van der Waals surface area (Å²) in [6.07, 6.45) is 11.8. The summed E-state index contributed by atoms with van der Waals surface area (Å²) in [7, 11) is 0. The molecule has 1 N–H and O–H groups in total. The van der Waals surface area contributed by atoms with Crippen molar-refractivity contribution >= 4 is 17.8 Å². The van der Waals surface area contributed by atoms with Crippen LogP contribution in [0.25, 0.3) is 0 Å². The number of nitrogens with zero attached hydrogens (tertiary/aromatic N) is 1. The van der Waals surface area contributed by atoms with E-state index in [4.69, 9.17) is 18.9 Å². The largest absolute Gasteiger partial charge is 0.490 e. The molecule has 2 aromatic rings. The Bertz CT molecular complexity index is 1750. The van der Waals surface area contributed by atoms with Gasteiger partial charge in [-0.05, 0) is 181 Å². The molecule has 0 atom stereocenters. The average Bonchev–Trinajstić information content (AvgIpc) is 3.15. The van der Waals surface area contributed by atoms with Crippen LogP contribution in [-0.4, -0.2) is 59.2 Å². The van der Waals surface area contributed by atoms with Crippen LogP contribution in [0.15, 0.2) is 36.4 Å². The molecule has 61 heavy (non-hydrogen) atoms. The Morgan fingerprint density at radius 1 is 0.607 bits per heavy atom. The lowest BCUT2D eigenvalue weighted by Crippen LogP contribution is -2.42. The van der Waals surface area contributed by atoms with Crippen LogP contribution in [0.5, 0.6) is 11.5 Å². The molecule has 9 nitrogen and oxygen atoms in total. The molecule has 0 radical (unpaired) electrons. The number of ether oxygens (including phenoxy) is 4. The van der Waals surface area contributed by atoms with Crippen molar-refractivity contribution in [3.63, 3.8) is 0 Å². The minimum Gasteiger partial charge on any atom is -0.490 e. The Labute approximate surface area is 368 Å². The molecule has 1 amide bonds. The number of carbonyl (C=O) groups excluding carboxylic acids is 3. The van der Waals surface area contributed by atoms with Gasteiger partial charge in [-0.1, -0.05) is 53.7 Å². The normalized spacial score (nSPS) is 22.2. The maximum Gasteiger partial charge on any atom is 0.307 e. The number of carbonyl (C=O) groups is 3. The monoisotopic (exact) mass is 845 g/mol. The number of fused-ring (bicyclic) bond motifs is 2. The number of hydrogen-bond acceptors (Lipinski definition) is 8. The van der Waals surface area contributed by atoms with E-state index in [1.807, 2.05) is 12.1 Å². The van der Waals surface area contributed by atoms with Crippen LogP contribution >= 0.6 is 0 Å². The third kappa shape index (κ3) is 15.3. The number of hydrogen-bond donors (Lipinski definition) is 1. The van der Waals surface area contributed by atoms with Crippen molar-refractivity contribution in [1.82, 2.24) is 10.2 Å². The van der Waals surface area contributed by atoms with Crippen molar-refractivity contribution < 1.29 is 33.3 Å². The first-order valence-corrected chi connectivity index (χ1v) is 23.4. The van der Waals surface area contributed by atoms with E-state index >= 15 is 0 Å². The van der Waals surface area contributed by atoms with E-state index in [2.05, 4.69) is 71.1 Å². The molecule has 0 bridgehead atoms. The number of benzene rings is 2. The molecule has 2 fully saturated rings. The van der Waals surface area contributed by atoms with E-state index in [0.29, 0.717) is 36.4 Å². The molecular formula is C52H80N2O7. The summed E-state index contributed by atoms with van der Waals surface area (Å²) in [6, 6.07) is 12.8. The fourth-order valence-electron chi connectivity index (χ4n) is 9.47. The molecule has 2 aliphatic carbocycles. The van der Waals surface area contributed by atoms with Crippen molar-refractivity contribution in [2.24, 2.45) is 28.6 Å². The maximum atomic E-state index is 13.6. The van der Waals surface area contributed by atoms with E-state index in [1.165, 1.54) is 55.2 Å². The lowest BCUT2D eigenvalue weighted by Gasteiger charge is -2.37. The second-order valence-corrected chi connectivity index (χ2v) is 22.5. The molecule has 340 valence electrons. The summed E-state index contributed by atoms with van der Waals surface area (Å²) in [5.41, 5.74) is 4.60. The molecule has 4 aliphatic rings. The number of nitrogens with one attached hydrogen (secondary N) is 1. The second kappa shape index (κ2) is 20.3. The van der Waals surface area contributed by atoms with Gasteiger partial charge in [-0.3, -0.25) is 14.4 Å². The Balaban J connectivity index is 0.000000279. The summed E-state index contributed by atoms with van der Waals surface area (Å²) in [4.78, 5) is 40.6. The lowest BCUT2D eigenvalue weighted by atomic mass is 9.72. The van der Waals surface area contributed by atoms with Crippen LogP contribution in [0.2, 0.25) is 0 Å². The van der Waals surface area contributed by atoms with E-state index in [-0.39, 0.29) is 24.9 Å². The quantitative estimate of drug-likeness (QED) is 0.249. The minimum atomic E-state index is -0.836. The predicted molar refractivity (Wildman–Crippen MR) is 243 cm³/mol. The van der Waals surface area contributed by atoms with Crippen LogP contribution < -0.4 is 14.8 Å². The molecule has 0 saturated heterocycles. The van der Waals surface area contributed by atoms with E-state index < -0.39 is 29.1 Å². The molecule has 0 unspecified atom stereocenters. The van der Waals surface area contributed by atoms with Gasteiger partial charge in [0.1, 0.15) is 22.7 Å². The molecule has 2 saturated carbocycles. The average molecular weight is 845 g/mol. The molecular weight excluding hydrogens is 765 g/mol. The zero-order valence-electron chi connectivity index (χ0n) is 40.0. The van der Waals surface area contributed by atoms with E-state index in [0.717, 1.165) is 61.3 Å². The van der Waals surface area contributed by atoms with Crippen LogP contribution in [0.4, 0.5) is 0 Å². The summed E-state index contributed by atoms with van der Waals surface area (Å²) in [5.74, 6) is 1.52. The smallest absolute Gasteiger partial charge is 0.307 e. The number of rotatable bonds is 9. The first-order chi connectivity index (χ1) is 28.4. The van der Waals surface area contributed by atoms with Gasteiger partial charge in [-0.25, -0.2) is 0 Å². The summed E-state index contributed by atoms with van der Waals surface area (Å²) >= 11 is 0. The highest BCUT2D eigenvalue weighted by Crippen LogP contribution is 2.40. The van der Waals surface area contributed by atoms with Gasteiger partial charge in [-0.15, -0.1) is 0 Å². The summed E-state index contributed by atoms with van der Waals surface area (Å²) < 4.78 is 23.6. The number of amides is 1. The van der Waals surface area contributed by atoms with Gasteiger partial charge >= 0.3 is 11.9 Å². The topological polar surface area (TPSA) is 103 Å². The molecule has 0 spiro atoms. The van der Waals surface area contributed by atoms with Crippen LogP contribution in [0.1, 0.15) is 170 Å². The van der Waals surface area contributed by atoms with Crippen molar-refractivity contribution in [2.45, 2.75) is 197 Å². The maximum absolute atomic E-state index is 13.6. The highest BCUT2D eigenvalue weighted by molar-refractivity contribution is 5.88. The third-order valence-electron chi connectivity index (χ3n) is 13.0. The summed E-state index contributed by atoms with van der Waals surface area (Å²) in [6.45, 7) is 27.8. The highest BCUT2D eigenvalue weighted by Gasteiger charge is 2.35. The van der Waals surface area contributed by atoms with E-state index in [1.54, 1.807) is 46.4 Å². The van der Waals surface area contributed by atoms with Gasteiger partial charge in [0, 0.05) is 19.6 Å². The predicted octanol–water partition coefficient (Wildman–Crippen LogP) is 11.0. The van der Waals surface area contributed by atoms with Crippen molar-refractivity contribution in [1.29, 1.82) is 0 Å². The number of esters is 2. The first kappa shape index (κ1) is 48.4. The Hall–Kier alpha value is -3.59. The second-order valence-electron chi connectivity index (χ2n) is 22.5. The minimum absolute atomic E-state index is 0.164. The molecule has 2 aliphatic heterocycles. The van der Waals surface area contributed by atoms with E-state index in [9.17, 15) is 14.4 Å². The molecule has 2 heterocycles. The molecule has 2 aromatic carbocycles. The molecule has 9 heteroatoms. The van der Waals surface area contributed by atoms with Crippen molar-refractivity contribution in [2.75, 3.05) is 13.1 Å². The zero-order valence-corrected chi connectivity index (χ0v) is 40.0. The van der Waals surface area contributed by atoms with Gasteiger partial charge in [-0.2, -0.15) is 0 Å². The Morgan fingerprint density at radius 3 is 1.49 bits per heavy atom. The molecule has 0 aromatic heterocycles. The fourth-order valence-corrected chi connectivity index (χ4v) is 9.47. The Morgan fingerprint density at radius 2 is 1.05 bits per heavy atom. The van der Waals surface area contributed by atoms with Crippen LogP contribution in [-0.2, 0) is 49.8 Å². The molecule has 6 rings (SSSR count). The van der Waals surface area contributed by atoms with Crippen molar-refractivity contribution in [3.8, 4) is 11.5 Å². The summed E-state index contributed by atoms with van der Waals surface area (Å²) in [5, 5.41) is 3.42. The van der Waals surface area contributed by atoms with Gasteiger partial charge in [0.15, 0.2) is 0 Å². The lowest BCUT2D eigenvalue weighted by molar-refractivity contribution is -0.162.